The van der Waals surface area contributed by atoms with Gasteiger partial charge in [0.2, 0.25) is 0 Å². The van der Waals surface area contributed by atoms with Crippen LogP contribution in [0.3, 0.4) is 0 Å². The first-order valence-corrected chi connectivity index (χ1v) is 6.66. The Bertz CT molecular complexity index is 359. The van der Waals surface area contributed by atoms with Gasteiger partial charge < -0.3 is 14.6 Å². The van der Waals surface area contributed by atoms with E-state index in [9.17, 15) is 5.11 Å². The molecule has 1 atom stereocenters. The lowest BCUT2D eigenvalue weighted by Crippen LogP contribution is -2.21. The molecule has 3 heteroatoms. The van der Waals surface area contributed by atoms with Crippen molar-refractivity contribution in [2.45, 2.75) is 25.9 Å². The maximum Gasteiger partial charge on any atom is 0.102 e. The summed E-state index contributed by atoms with van der Waals surface area (Å²) in [7, 11) is 0. The van der Waals surface area contributed by atoms with Crippen molar-refractivity contribution in [3.8, 4) is 0 Å². The first kappa shape index (κ1) is 13.5. The standard InChI is InChI=1S/C15H22O3/c1-12-3-2-4-14(9-12)15(16)11-18-10-13-5-7-17-8-6-13/h2-4,9,13,15-16H,5-8,10-11H2,1H3. The number of aliphatic hydroxyl groups excluding tert-OH is 1. The summed E-state index contributed by atoms with van der Waals surface area (Å²) < 4.78 is 10.9. The first-order chi connectivity index (χ1) is 8.75. The van der Waals surface area contributed by atoms with Gasteiger partial charge in [0.15, 0.2) is 0 Å². The van der Waals surface area contributed by atoms with E-state index >= 15 is 0 Å². The quantitative estimate of drug-likeness (QED) is 0.872. The average Bonchev–Trinajstić information content (AvgIpc) is 2.40. The molecule has 100 valence electrons. The molecule has 0 amide bonds. The zero-order valence-corrected chi connectivity index (χ0v) is 11.0. The monoisotopic (exact) mass is 250 g/mol. The number of hydrogen-bond acceptors (Lipinski definition) is 3. The molecule has 1 aliphatic rings. The van der Waals surface area contributed by atoms with Crippen LogP contribution < -0.4 is 0 Å². The van der Waals surface area contributed by atoms with Gasteiger partial charge in [-0.3, -0.25) is 0 Å². The molecule has 1 N–H and O–H groups in total. The molecule has 1 unspecified atom stereocenters. The van der Waals surface area contributed by atoms with E-state index in [-0.39, 0.29) is 0 Å². The van der Waals surface area contributed by atoms with Crippen LogP contribution in [0.15, 0.2) is 24.3 Å². The SMILES string of the molecule is Cc1cccc(C(O)COCC2CCOCC2)c1. The number of aliphatic hydroxyl groups is 1. The van der Waals surface area contributed by atoms with Crippen LogP contribution in [0.1, 0.15) is 30.1 Å². The summed E-state index contributed by atoms with van der Waals surface area (Å²) in [5.41, 5.74) is 2.10. The number of ether oxygens (including phenoxy) is 2. The van der Waals surface area contributed by atoms with Crippen molar-refractivity contribution in [2.75, 3.05) is 26.4 Å². The van der Waals surface area contributed by atoms with Crippen LogP contribution in [-0.4, -0.2) is 31.5 Å². The summed E-state index contributed by atoms with van der Waals surface area (Å²) in [5, 5.41) is 10.0. The highest BCUT2D eigenvalue weighted by Gasteiger charge is 2.15. The Hall–Kier alpha value is -0.900. The highest BCUT2D eigenvalue weighted by atomic mass is 16.5. The van der Waals surface area contributed by atoms with Crippen LogP contribution in [0.4, 0.5) is 0 Å². The molecular formula is C15H22O3. The summed E-state index contributed by atoms with van der Waals surface area (Å²) in [4.78, 5) is 0. The Kier molecular flexibility index (Phi) is 5.17. The minimum absolute atomic E-state index is 0.376. The van der Waals surface area contributed by atoms with Crippen LogP contribution in [0.2, 0.25) is 0 Å². The third kappa shape index (κ3) is 4.09. The van der Waals surface area contributed by atoms with Crippen molar-refractivity contribution in [1.29, 1.82) is 0 Å². The first-order valence-electron chi connectivity index (χ1n) is 6.66. The van der Waals surface area contributed by atoms with Crippen LogP contribution in [0.5, 0.6) is 0 Å². The van der Waals surface area contributed by atoms with Crippen LogP contribution in [0, 0.1) is 12.8 Å². The van der Waals surface area contributed by atoms with Crippen LogP contribution >= 0.6 is 0 Å². The van der Waals surface area contributed by atoms with Crippen LogP contribution in [-0.2, 0) is 9.47 Å². The van der Waals surface area contributed by atoms with Gasteiger partial charge in [0, 0.05) is 19.8 Å². The van der Waals surface area contributed by atoms with Gasteiger partial charge in [0.05, 0.1) is 6.61 Å². The summed E-state index contributed by atoms with van der Waals surface area (Å²) in [6.07, 6.45) is 1.62. The Labute approximate surface area is 109 Å². The Balaban J connectivity index is 1.72. The second-order valence-corrected chi connectivity index (χ2v) is 5.02. The second-order valence-electron chi connectivity index (χ2n) is 5.02. The fourth-order valence-corrected chi connectivity index (χ4v) is 2.23. The van der Waals surface area contributed by atoms with Crippen molar-refractivity contribution in [1.82, 2.24) is 0 Å². The lowest BCUT2D eigenvalue weighted by Gasteiger charge is -2.22. The molecule has 2 rings (SSSR count). The van der Waals surface area contributed by atoms with Crippen molar-refractivity contribution in [3.05, 3.63) is 35.4 Å². The predicted octanol–water partition coefficient (Wildman–Crippen LogP) is 2.47. The fraction of sp³-hybridized carbons (Fsp3) is 0.600. The molecule has 18 heavy (non-hydrogen) atoms. The lowest BCUT2D eigenvalue weighted by atomic mass is 10.0. The van der Waals surface area contributed by atoms with E-state index in [4.69, 9.17) is 9.47 Å². The van der Waals surface area contributed by atoms with Gasteiger partial charge in [-0.2, -0.15) is 0 Å². The molecule has 0 bridgehead atoms. The molecule has 0 aliphatic carbocycles. The Morgan fingerprint density at radius 1 is 1.39 bits per heavy atom. The van der Waals surface area contributed by atoms with Gasteiger partial charge in [0.1, 0.15) is 6.10 Å². The van der Waals surface area contributed by atoms with Gasteiger partial charge in [-0.25, -0.2) is 0 Å². The molecular weight excluding hydrogens is 228 g/mol. The van der Waals surface area contributed by atoms with E-state index in [1.807, 2.05) is 31.2 Å². The van der Waals surface area contributed by atoms with Gasteiger partial charge in [-0.15, -0.1) is 0 Å². The predicted molar refractivity (Wildman–Crippen MR) is 70.5 cm³/mol. The van der Waals surface area contributed by atoms with Crippen molar-refractivity contribution >= 4 is 0 Å². The lowest BCUT2D eigenvalue weighted by molar-refractivity contribution is -0.00967. The molecule has 0 aromatic heterocycles. The van der Waals surface area contributed by atoms with Crippen molar-refractivity contribution in [2.24, 2.45) is 5.92 Å². The normalized spacial score (nSPS) is 18.8. The third-order valence-electron chi connectivity index (χ3n) is 3.40. The van der Waals surface area contributed by atoms with Gasteiger partial charge in [-0.05, 0) is 31.2 Å². The third-order valence-corrected chi connectivity index (χ3v) is 3.40. The van der Waals surface area contributed by atoms with Gasteiger partial charge in [-0.1, -0.05) is 29.8 Å². The molecule has 1 heterocycles. The summed E-state index contributed by atoms with van der Waals surface area (Å²) in [6.45, 7) is 4.81. The Morgan fingerprint density at radius 2 is 2.17 bits per heavy atom. The fourth-order valence-electron chi connectivity index (χ4n) is 2.23. The molecule has 1 saturated heterocycles. The molecule has 0 radical (unpaired) electrons. The summed E-state index contributed by atoms with van der Waals surface area (Å²) >= 11 is 0. The minimum Gasteiger partial charge on any atom is -0.386 e. The Morgan fingerprint density at radius 3 is 2.89 bits per heavy atom. The zero-order chi connectivity index (χ0) is 12.8. The number of rotatable bonds is 5. The zero-order valence-electron chi connectivity index (χ0n) is 11.0. The summed E-state index contributed by atoms with van der Waals surface area (Å²) in [5.74, 6) is 0.587. The van der Waals surface area contributed by atoms with E-state index in [2.05, 4.69) is 0 Å². The van der Waals surface area contributed by atoms with E-state index in [1.165, 1.54) is 0 Å². The maximum atomic E-state index is 10.0. The molecule has 1 fully saturated rings. The van der Waals surface area contributed by atoms with Crippen molar-refractivity contribution in [3.63, 3.8) is 0 Å². The molecule has 1 aromatic rings. The van der Waals surface area contributed by atoms with E-state index in [1.54, 1.807) is 0 Å². The molecule has 0 spiro atoms. The smallest absolute Gasteiger partial charge is 0.102 e. The largest absolute Gasteiger partial charge is 0.386 e. The summed E-state index contributed by atoms with van der Waals surface area (Å²) in [6, 6.07) is 7.93. The van der Waals surface area contributed by atoms with E-state index in [0.29, 0.717) is 12.5 Å². The highest BCUT2D eigenvalue weighted by molar-refractivity contribution is 5.23. The molecule has 1 aliphatic heterocycles. The topological polar surface area (TPSA) is 38.7 Å². The number of benzene rings is 1. The number of aryl methyl sites for hydroxylation is 1. The average molecular weight is 250 g/mol. The molecule has 3 nitrogen and oxygen atoms in total. The highest BCUT2D eigenvalue weighted by Crippen LogP contribution is 2.18. The number of hydrogen-bond donors (Lipinski definition) is 1. The molecule has 0 saturated carbocycles. The van der Waals surface area contributed by atoms with Crippen LogP contribution in [0.25, 0.3) is 0 Å². The maximum absolute atomic E-state index is 10.0. The van der Waals surface area contributed by atoms with E-state index < -0.39 is 6.10 Å². The van der Waals surface area contributed by atoms with E-state index in [0.717, 1.165) is 43.8 Å². The molecule has 1 aromatic carbocycles. The van der Waals surface area contributed by atoms with Gasteiger partial charge >= 0.3 is 0 Å². The minimum atomic E-state index is -0.523. The second kappa shape index (κ2) is 6.88. The van der Waals surface area contributed by atoms with Crippen molar-refractivity contribution < 1.29 is 14.6 Å². The van der Waals surface area contributed by atoms with Gasteiger partial charge in [0.25, 0.3) is 0 Å².